The normalized spacial score (nSPS) is 25.8. The van der Waals surface area contributed by atoms with Crippen LogP contribution in [0.3, 0.4) is 0 Å². The lowest BCUT2D eigenvalue weighted by atomic mass is 9.96. The molecule has 4 heteroatoms. The minimum absolute atomic E-state index is 0.213. The first-order valence-electron chi connectivity index (χ1n) is 7.47. The van der Waals surface area contributed by atoms with Crippen LogP contribution in [0.5, 0.6) is 0 Å². The lowest BCUT2D eigenvalue weighted by Crippen LogP contribution is -2.48. The van der Waals surface area contributed by atoms with Gasteiger partial charge in [-0.05, 0) is 37.5 Å². The molecule has 2 heterocycles. The number of amides is 1. The third kappa shape index (κ3) is 2.41. The molecule has 0 aromatic heterocycles. The smallest absolute Gasteiger partial charge is 0.254 e. The number of nitrogens with one attached hydrogen (secondary N) is 1. The predicted molar refractivity (Wildman–Crippen MR) is 85.7 cm³/mol. The van der Waals surface area contributed by atoms with Crippen molar-refractivity contribution in [1.29, 1.82) is 0 Å². The average Bonchev–Trinajstić information content (AvgIpc) is 2.49. The maximum Gasteiger partial charge on any atom is 0.254 e. The molecule has 0 spiro atoms. The molecule has 0 radical (unpaired) electrons. The fourth-order valence-electron chi connectivity index (χ4n) is 3.08. The summed E-state index contributed by atoms with van der Waals surface area (Å²) in [7, 11) is 0. The molecule has 3 nitrogen and oxygen atoms in total. The van der Waals surface area contributed by atoms with Gasteiger partial charge in [-0.15, -0.1) is 0 Å². The first-order valence-corrected chi connectivity index (χ1v) is 8.51. The number of carbonyl (C=O) groups excluding carboxylic acids is 1. The highest BCUT2D eigenvalue weighted by atomic mass is 32.2. The first-order chi connectivity index (χ1) is 9.68. The molecule has 1 amide bonds. The summed E-state index contributed by atoms with van der Waals surface area (Å²) in [4.78, 5) is 15.0. The second kappa shape index (κ2) is 5.68. The van der Waals surface area contributed by atoms with Crippen LogP contribution in [-0.4, -0.2) is 40.9 Å². The zero-order chi connectivity index (χ0) is 14.1. The van der Waals surface area contributed by atoms with E-state index in [0.717, 1.165) is 42.9 Å². The van der Waals surface area contributed by atoms with Crippen molar-refractivity contribution in [1.82, 2.24) is 4.90 Å². The number of thioether (sulfide) groups is 1. The van der Waals surface area contributed by atoms with Crippen LogP contribution >= 0.6 is 11.8 Å². The van der Waals surface area contributed by atoms with Crippen molar-refractivity contribution in [3.05, 3.63) is 29.3 Å². The molecule has 2 aliphatic heterocycles. The van der Waals surface area contributed by atoms with Crippen LogP contribution in [0, 0.1) is 0 Å². The summed E-state index contributed by atoms with van der Waals surface area (Å²) >= 11 is 1.97. The zero-order valence-corrected chi connectivity index (χ0v) is 13.0. The van der Waals surface area contributed by atoms with Crippen molar-refractivity contribution in [2.45, 2.75) is 38.0 Å². The van der Waals surface area contributed by atoms with E-state index in [1.54, 1.807) is 0 Å². The second-order valence-corrected chi connectivity index (χ2v) is 7.16. The van der Waals surface area contributed by atoms with Crippen LogP contribution in [0.4, 0.5) is 5.69 Å². The van der Waals surface area contributed by atoms with Crippen LogP contribution in [-0.2, 0) is 6.42 Å². The molecule has 1 saturated heterocycles. The summed E-state index contributed by atoms with van der Waals surface area (Å²) < 4.78 is 0. The highest BCUT2D eigenvalue weighted by molar-refractivity contribution is 8.00. The fourth-order valence-corrected chi connectivity index (χ4v) is 4.18. The number of carbonyl (C=O) groups is 1. The van der Waals surface area contributed by atoms with Gasteiger partial charge in [-0.3, -0.25) is 4.79 Å². The standard InChI is InChI=1S/C16H22N2OS/c1-11-12(2)20-10-9-18(11)16(19)14-5-3-7-15-13(14)6-4-8-17-15/h3,5,7,11-12,17H,4,6,8-10H2,1-2H3. The minimum Gasteiger partial charge on any atom is -0.385 e. The van der Waals surface area contributed by atoms with Crippen molar-refractivity contribution in [2.24, 2.45) is 0 Å². The van der Waals surface area contributed by atoms with Gasteiger partial charge in [0.05, 0.1) is 0 Å². The molecule has 0 aliphatic carbocycles. The summed E-state index contributed by atoms with van der Waals surface area (Å²) in [6.07, 6.45) is 2.12. The first kappa shape index (κ1) is 13.8. The predicted octanol–water partition coefficient (Wildman–Crippen LogP) is 3.01. The van der Waals surface area contributed by atoms with Gasteiger partial charge < -0.3 is 10.2 Å². The number of anilines is 1. The summed E-state index contributed by atoms with van der Waals surface area (Å²) in [5.41, 5.74) is 3.26. The Morgan fingerprint density at radius 2 is 2.25 bits per heavy atom. The molecule has 1 fully saturated rings. The van der Waals surface area contributed by atoms with Gasteiger partial charge in [0, 0.05) is 41.4 Å². The summed E-state index contributed by atoms with van der Waals surface area (Å²) in [6, 6.07) is 6.39. The topological polar surface area (TPSA) is 32.3 Å². The van der Waals surface area contributed by atoms with Crippen LogP contribution in [0.2, 0.25) is 0 Å². The van der Waals surface area contributed by atoms with E-state index in [-0.39, 0.29) is 5.91 Å². The van der Waals surface area contributed by atoms with Crippen LogP contribution in [0.25, 0.3) is 0 Å². The Morgan fingerprint density at radius 3 is 3.10 bits per heavy atom. The molecule has 1 aromatic rings. The van der Waals surface area contributed by atoms with E-state index in [1.165, 1.54) is 5.56 Å². The average molecular weight is 290 g/mol. The Morgan fingerprint density at radius 1 is 1.40 bits per heavy atom. The Kier molecular flexibility index (Phi) is 3.92. The highest BCUT2D eigenvalue weighted by Gasteiger charge is 2.31. The SMILES string of the molecule is CC1SCCN(C(=O)c2cccc3c2CCCN3)C1C. The molecule has 20 heavy (non-hydrogen) atoms. The van der Waals surface area contributed by atoms with E-state index in [0.29, 0.717) is 11.3 Å². The van der Waals surface area contributed by atoms with Gasteiger partial charge in [-0.25, -0.2) is 0 Å². The largest absolute Gasteiger partial charge is 0.385 e. The van der Waals surface area contributed by atoms with E-state index in [2.05, 4.69) is 30.1 Å². The van der Waals surface area contributed by atoms with Gasteiger partial charge in [0.15, 0.2) is 0 Å². The molecule has 0 bridgehead atoms. The Hall–Kier alpha value is -1.16. The number of fused-ring (bicyclic) bond motifs is 1. The Bertz CT molecular complexity index is 517. The van der Waals surface area contributed by atoms with Gasteiger partial charge in [-0.2, -0.15) is 11.8 Å². The number of hydrogen-bond acceptors (Lipinski definition) is 3. The van der Waals surface area contributed by atoms with E-state index in [1.807, 2.05) is 23.9 Å². The third-order valence-corrected chi connectivity index (χ3v) is 5.81. The summed E-state index contributed by atoms with van der Waals surface area (Å²) in [5.74, 6) is 1.26. The van der Waals surface area contributed by atoms with E-state index in [9.17, 15) is 4.79 Å². The minimum atomic E-state index is 0.213. The van der Waals surface area contributed by atoms with Gasteiger partial charge in [-0.1, -0.05) is 13.0 Å². The maximum absolute atomic E-state index is 12.9. The lowest BCUT2D eigenvalue weighted by molar-refractivity contribution is 0.0697. The number of benzene rings is 1. The van der Waals surface area contributed by atoms with Crippen LogP contribution < -0.4 is 5.32 Å². The number of nitrogens with zero attached hydrogens (tertiary/aromatic N) is 1. The molecular formula is C16H22N2OS. The molecule has 108 valence electrons. The molecule has 0 saturated carbocycles. The van der Waals surface area contributed by atoms with Crippen molar-refractivity contribution in [3.8, 4) is 0 Å². The van der Waals surface area contributed by atoms with Crippen LogP contribution in [0.1, 0.15) is 36.2 Å². The highest BCUT2D eigenvalue weighted by Crippen LogP contribution is 2.30. The van der Waals surface area contributed by atoms with Crippen molar-refractivity contribution >= 4 is 23.4 Å². The van der Waals surface area contributed by atoms with Crippen molar-refractivity contribution in [2.75, 3.05) is 24.2 Å². The van der Waals surface area contributed by atoms with E-state index < -0.39 is 0 Å². The summed E-state index contributed by atoms with van der Waals surface area (Å²) in [6.45, 7) is 6.27. The molecule has 2 unspecified atom stereocenters. The monoisotopic (exact) mass is 290 g/mol. The number of rotatable bonds is 1. The molecule has 1 N–H and O–H groups in total. The molecule has 1 aromatic carbocycles. The molecule has 3 rings (SSSR count). The van der Waals surface area contributed by atoms with Gasteiger partial charge >= 0.3 is 0 Å². The maximum atomic E-state index is 12.9. The van der Waals surface area contributed by atoms with Crippen molar-refractivity contribution < 1.29 is 4.79 Å². The Labute approximate surface area is 125 Å². The van der Waals surface area contributed by atoms with Crippen LogP contribution in [0.15, 0.2) is 18.2 Å². The second-order valence-electron chi connectivity index (χ2n) is 5.68. The lowest BCUT2D eigenvalue weighted by Gasteiger charge is -2.38. The van der Waals surface area contributed by atoms with Gasteiger partial charge in [0.25, 0.3) is 5.91 Å². The van der Waals surface area contributed by atoms with E-state index >= 15 is 0 Å². The molecule has 2 atom stereocenters. The van der Waals surface area contributed by atoms with Gasteiger partial charge in [0.2, 0.25) is 0 Å². The zero-order valence-electron chi connectivity index (χ0n) is 12.2. The number of hydrogen-bond donors (Lipinski definition) is 1. The van der Waals surface area contributed by atoms with E-state index in [4.69, 9.17) is 0 Å². The summed E-state index contributed by atoms with van der Waals surface area (Å²) in [5, 5.41) is 3.92. The fraction of sp³-hybridized carbons (Fsp3) is 0.562. The Balaban J connectivity index is 1.91. The third-order valence-electron chi connectivity index (χ3n) is 4.47. The quantitative estimate of drug-likeness (QED) is 0.863. The molecular weight excluding hydrogens is 268 g/mol. The molecule has 2 aliphatic rings. The van der Waals surface area contributed by atoms with Crippen molar-refractivity contribution in [3.63, 3.8) is 0 Å². The van der Waals surface area contributed by atoms with Gasteiger partial charge in [0.1, 0.15) is 0 Å².